The smallest absolute Gasteiger partial charge is 0.268 e. The first-order chi connectivity index (χ1) is 13.0. The van der Waals surface area contributed by atoms with E-state index in [9.17, 15) is 14.9 Å². The lowest BCUT2D eigenvalue weighted by molar-refractivity contribution is -0.384. The Morgan fingerprint density at radius 1 is 1.19 bits per heavy atom. The fourth-order valence-electron chi connectivity index (χ4n) is 4.00. The summed E-state index contributed by atoms with van der Waals surface area (Å²) in [4.78, 5) is 28.0. The van der Waals surface area contributed by atoms with Crippen molar-refractivity contribution in [1.82, 2.24) is 9.78 Å². The first-order valence-electron chi connectivity index (χ1n) is 9.35. The predicted octanol–water partition coefficient (Wildman–Crippen LogP) is 4.87. The molecule has 2 heterocycles. The molecule has 1 aliphatic heterocycles. The highest BCUT2D eigenvalue weighted by atomic mass is 32.2. The summed E-state index contributed by atoms with van der Waals surface area (Å²) in [5.74, 6) is 0.728. The van der Waals surface area contributed by atoms with Gasteiger partial charge in [-0.1, -0.05) is 49.6 Å². The van der Waals surface area contributed by atoms with Crippen LogP contribution in [0.5, 0.6) is 0 Å². The van der Waals surface area contributed by atoms with Gasteiger partial charge in [-0.25, -0.2) is 4.99 Å². The second-order valence-electron chi connectivity index (χ2n) is 7.17. The zero-order valence-electron chi connectivity index (χ0n) is 15.2. The number of rotatable bonds is 3. The van der Waals surface area contributed by atoms with Gasteiger partial charge in [0.2, 0.25) is 0 Å². The second kappa shape index (κ2) is 7.34. The summed E-state index contributed by atoms with van der Waals surface area (Å²) in [6.07, 6.45) is 6.94. The SMILES string of the molecule is CC1=Nc2c(c(=O)[nH]n2C2CCCCCC2)C(c2ccc([N+](=O)[O-])cc2)S1. The molecule has 1 aromatic heterocycles. The Balaban J connectivity index is 1.75. The number of H-pyrrole nitrogens is 1. The number of aromatic nitrogens is 2. The molecular formula is C19H22N4O3S. The minimum Gasteiger partial charge on any atom is -0.268 e. The lowest BCUT2D eigenvalue weighted by Crippen LogP contribution is -2.14. The van der Waals surface area contributed by atoms with E-state index in [0.29, 0.717) is 5.56 Å². The Kier molecular flexibility index (Phi) is 4.90. The molecule has 1 N–H and O–H groups in total. The average Bonchev–Trinajstić information content (AvgIpc) is 2.84. The molecule has 0 spiro atoms. The minimum atomic E-state index is -0.411. The number of hydrogen-bond acceptors (Lipinski definition) is 5. The van der Waals surface area contributed by atoms with E-state index in [-0.39, 0.29) is 22.5 Å². The Hall–Kier alpha value is -2.35. The second-order valence-corrected chi connectivity index (χ2v) is 8.47. The zero-order chi connectivity index (χ0) is 19.0. The van der Waals surface area contributed by atoms with Crippen molar-refractivity contribution in [3.63, 3.8) is 0 Å². The van der Waals surface area contributed by atoms with Crippen LogP contribution in [0.1, 0.15) is 67.9 Å². The van der Waals surface area contributed by atoms with Gasteiger partial charge in [0.15, 0.2) is 5.82 Å². The number of fused-ring (bicyclic) bond motifs is 1. The molecule has 0 saturated heterocycles. The normalized spacial score (nSPS) is 20.6. The summed E-state index contributed by atoms with van der Waals surface area (Å²) >= 11 is 1.52. The highest BCUT2D eigenvalue weighted by molar-refractivity contribution is 8.14. The molecule has 1 aromatic carbocycles. The van der Waals surface area contributed by atoms with Crippen LogP contribution in [0.25, 0.3) is 0 Å². The van der Waals surface area contributed by atoms with Gasteiger partial charge in [0, 0.05) is 12.1 Å². The van der Waals surface area contributed by atoms with Crippen molar-refractivity contribution in [2.75, 3.05) is 0 Å². The quantitative estimate of drug-likeness (QED) is 0.463. The zero-order valence-corrected chi connectivity index (χ0v) is 16.0. The van der Waals surface area contributed by atoms with E-state index in [0.717, 1.165) is 29.3 Å². The van der Waals surface area contributed by atoms with Crippen molar-refractivity contribution in [2.45, 2.75) is 56.7 Å². The molecule has 1 fully saturated rings. The maximum Gasteiger partial charge on any atom is 0.271 e. The molecule has 27 heavy (non-hydrogen) atoms. The van der Waals surface area contributed by atoms with Gasteiger partial charge < -0.3 is 0 Å². The molecular weight excluding hydrogens is 364 g/mol. The number of nitrogens with zero attached hydrogens (tertiary/aromatic N) is 3. The molecule has 0 bridgehead atoms. The van der Waals surface area contributed by atoms with Crippen LogP contribution in [0, 0.1) is 10.1 Å². The summed E-state index contributed by atoms with van der Waals surface area (Å²) in [5, 5.41) is 14.7. The van der Waals surface area contributed by atoms with Crippen molar-refractivity contribution in [3.05, 3.63) is 55.9 Å². The molecule has 7 nitrogen and oxygen atoms in total. The van der Waals surface area contributed by atoms with Gasteiger partial charge in [-0.05, 0) is 25.3 Å². The largest absolute Gasteiger partial charge is 0.271 e. The number of aromatic amines is 1. The summed E-state index contributed by atoms with van der Waals surface area (Å²) in [6, 6.07) is 6.74. The van der Waals surface area contributed by atoms with Crippen molar-refractivity contribution in [1.29, 1.82) is 0 Å². The summed E-state index contributed by atoms with van der Waals surface area (Å²) < 4.78 is 1.98. The third-order valence-electron chi connectivity index (χ3n) is 5.35. The van der Waals surface area contributed by atoms with Crippen LogP contribution in [0.15, 0.2) is 34.1 Å². The van der Waals surface area contributed by atoms with E-state index in [1.165, 1.54) is 49.6 Å². The number of nitrogens with one attached hydrogen (secondary N) is 1. The molecule has 4 rings (SSSR count). The van der Waals surface area contributed by atoms with Gasteiger partial charge in [0.1, 0.15) is 0 Å². The topological polar surface area (TPSA) is 93.3 Å². The van der Waals surface area contributed by atoms with Crippen molar-refractivity contribution in [3.8, 4) is 0 Å². The number of non-ortho nitro benzene ring substituents is 1. The van der Waals surface area contributed by atoms with Crippen LogP contribution in [0.3, 0.4) is 0 Å². The molecule has 1 unspecified atom stereocenters. The van der Waals surface area contributed by atoms with E-state index in [1.807, 2.05) is 11.6 Å². The number of aliphatic imine (C=N–C) groups is 1. The predicted molar refractivity (Wildman–Crippen MR) is 107 cm³/mol. The molecule has 2 aromatic rings. The van der Waals surface area contributed by atoms with E-state index in [1.54, 1.807) is 12.1 Å². The molecule has 1 saturated carbocycles. The van der Waals surface area contributed by atoms with Crippen molar-refractivity contribution < 1.29 is 4.92 Å². The highest BCUT2D eigenvalue weighted by Crippen LogP contribution is 2.45. The van der Waals surface area contributed by atoms with Crippen molar-refractivity contribution in [2.24, 2.45) is 4.99 Å². The van der Waals surface area contributed by atoms with E-state index in [4.69, 9.17) is 4.99 Å². The summed E-state index contributed by atoms with van der Waals surface area (Å²) in [7, 11) is 0. The first kappa shape index (κ1) is 18.0. The van der Waals surface area contributed by atoms with E-state index < -0.39 is 4.92 Å². The number of hydrogen-bond donors (Lipinski definition) is 1. The number of benzene rings is 1. The lowest BCUT2D eigenvalue weighted by atomic mass is 10.1. The maximum atomic E-state index is 12.8. The van der Waals surface area contributed by atoms with Gasteiger partial charge in [0.25, 0.3) is 11.2 Å². The van der Waals surface area contributed by atoms with Gasteiger partial charge in [-0.2, -0.15) is 0 Å². The number of nitro benzene ring substituents is 1. The average molecular weight is 386 g/mol. The van der Waals surface area contributed by atoms with E-state index in [2.05, 4.69) is 5.10 Å². The lowest BCUT2D eigenvalue weighted by Gasteiger charge is -2.23. The Morgan fingerprint density at radius 3 is 2.48 bits per heavy atom. The Labute approximate surface area is 161 Å². The first-order valence-corrected chi connectivity index (χ1v) is 10.2. The third-order valence-corrected chi connectivity index (χ3v) is 6.52. The van der Waals surface area contributed by atoms with Crippen molar-refractivity contribution >= 4 is 28.3 Å². The number of nitro groups is 1. The molecule has 142 valence electrons. The molecule has 0 amide bonds. The highest BCUT2D eigenvalue weighted by Gasteiger charge is 2.32. The standard InChI is InChI=1S/C19H22N4O3S/c1-12-20-18-16(17(27-12)13-8-10-15(11-9-13)23(25)26)19(24)21-22(18)14-6-4-2-3-5-7-14/h8-11,14,17H,2-7H2,1H3,(H,21,24). The summed E-state index contributed by atoms with van der Waals surface area (Å²) in [5.41, 5.74) is 1.48. The monoisotopic (exact) mass is 386 g/mol. The van der Waals surface area contributed by atoms with Crippen LogP contribution >= 0.6 is 11.8 Å². The van der Waals surface area contributed by atoms with Gasteiger partial charge >= 0.3 is 0 Å². The van der Waals surface area contributed by atoms with E-state index >= 15 is 0 Å². The fourth-order valence-corrected chi connectivity index (χ4v) is 5.10. The third kappa shape index (κ3) is 3.45. The summed E-state index contributed by atoms with van der Waals surface area (Å²) in [6.45, 7) is 1.95. The van der Waals surface area contributed by atoms with Crippen LogP contribution < -0.4 is 5.56 Å². The molecule has 2 aliphatic rings. The van der Waals surface area contributed by atoms with Gasteiger partial charge in [0.05, 0.1) is 26.8 Å². The van der Waals surface area contributed by atoms with Crippen LogP contribution in [-0.4, -0.2) is 19.7 Å². The maximum absolute atomic E-state index is 12.8. The van der Waals surface area contributed by atoms with Crippen LogP contribution in [0.2, 0.25) is 0 Å². The minimum absolute atomic E-state index is 0.0510. The van der Waals surface area contributed by atoms with Gasteiger partial charge in [-0.15, -0.1) is 0 Å². The molecule has 0 radical (unpaired) electrons. The Morgan fingerprint density at radius 2 is 1.85 bits per heavy atom. The van der Waals surface area contributed by atoms with Gasteiger partial charge in [-0.3, -0.25) is 24.7 Å². The number of thioether (sulfide) groups is 1. The fraction of sp³-hybridized carbons (Fsp3) is 0.474. The Bertz CT molecular complexity index is 937. The molecule has 1 aliphatic carbocycles. The van der Waals surface area contributed by atoms with Crippen LogP contribution in [0.4, 0.5) is 11.5 Å². The van der Waals surface area contributed by atoms with Crippen LogP contribution in [-0.2, 0) is 0 Å². The molecule has 1 atom stereocenters. The molecule has 8 heteroatoms.